The van der Waals surface area contributed by atoms with E-state index in [2.05, 4.69) is 9.97 Å². The summed E-state index contributed by atoms with van der Waals surface area (Å²) in [4.78, 5) is 22.9. The molecule has 0 N–H and O–H groups in total. The van der Waals surface area contributed by atoms with E-state index in [-0.39, 0.29) is 5.91 Å². The third-order valence-corrected chi connectivity index (χ3v) is 3.53. The Morgan fingerprint density at radius 3 is 2.43 bits per heavy atom. The van der Waals surface area contributed by atoms with Crippen LogP contribution in [-0.4, -0.2) is 15.9 Å². The molecule has 1 aromatic carbocycles. The molecule has 2 aromatic heterocycles. The molecular weight excluding hydrogens is 286 g/mol. The SMILES string of the molecule is Cc1cccc(N(Cc2cccnc2)C(=O)c2cccnc2)c1. The minimum atomic E-state index is -0.0763. The molecule has 0 unspecified atom stereocenters. The number of aryl methyl sites for hydroxylation is 1. The maximum absolute atomic E-state index is 12.9. The van der Waals surface area contributed by atoms with Crippen LogP contribution in [-0.2, 0) is 6.54 Å². The van der Waals surface area contributed by atoms with Gasteiger partial charge in [-0.25, -0.2) is 0 Å². The number of nitrogens with zero attached hydrogens (tertiary/aromatic N) is 3. The second-order valence-electron chi connectivity index (χ2n) is 5.33. The second-order valence-corrected chi connectivity index (χ2v) is 5.33. The van der Waals surface area contributed by atoms with Crippen LogP contribution in [0.5, 0.6) is 0 Å². The first-order valence-corrected chi connectivity index (χ1v) is 7.41. The van der Waals surface area contributed by atoms with E-state index in [4.69, 9.17) is 0 Å². The highest BCUT2D eigenvalue weighted by Gasteiger charge is 2.18. The number of hydrogen-bond acceptors (Lipinski definition) is 3. The molecule has 4 nitrogen and oxygen atoms in total. The van der Waals surface area contributed by atoms with Gasteiger partial charge in [0.05, 0.1) is 12.1 Å². The van der Waals surface area contributed by atoms with Gasteiger partial charge in [0.1, 0.15) is 0 Å². The average molecular weight is 303 g/mol. The lowest BCUT2D eigenvalue weighted by Crippen LogP contribution is -2.30. The summed E-state index contributed by atoms with van der Waals surface area (Å²) in [5, 5.41) is 0. The normalized spacial score (nSPS) is 10.3. The van der Waals surface area contributed by atoms with Crippen LogP contribution in [0.4, 0.5) is 5.69 Å². The Labute approximate surface area is 135 Å². The second kappa shape index (κ2) is 6.83. The summed E-state index contributed by atoms with van der Waals surface area (Å²) in [6.45, 7) is 2.48. The fourth-order valence-electron chi connectivity index (χ4n) is 2.40. The van der Waals surface area contributed by atoms with Gasteiger partial charge in [-0.1, -0.05) is 18.2 Å². The standard InChI is InChI=1S/C19H17N3O/c1-15-5-2-8-18(11-15)22(14-16-6-3-9-20-12-16)19(23)17-7-4-10-21-13-17/h2-13H,14H2,1H3. The van der Waals surface area contributed by atoms with E-state index in [1.54, 1.807) is 41.8 Å². The van der Waals surface area contributed by atoms with E-state index >= 15 is 0 Å². The summed E-state index contributed by atoms with van der Waals surface area (Å²) in [6.07, 6.45) is 6.76. The Morgan fingerprint density at radius 2 is 1.78 bits per heavy atom. The predicted molar refractivity (Wildman–Crippen MR) is 90.2 cm³/mol. The van der Waals surface area contributed by atoms with Crippen LogP contribution >= 0.6 is 0 Å². The minimum absolute atomic E-state index is 0.0763. The summed E-state index contributed by atoms with van der Waals surface area (Å²) in [5.74, 6) is -0.0763. The lowest BCUT2D eigenvalue weighted by Gasteiger charge is -2.23. The lowest BCUT2D eigenvalue weighted by molar-refractivity contribution is 0.0985. The monoisotopic (exact) mass is 303 g/mol. The first-order valence-electron chi connectivity index (χ1n) is 7.41. The van der Waals surface area contributed by atoms with Crippen molar-refractivity contribution in [1.82, 2.24) is 9.97 Å². The fourth-order valence-corrected chi connectivity index (χ4v) is 2.40. The Hall–Kier alpha value is -3.01. The van der Waals surface area contributed by atoms with Gasteiger partial charge in [-0.15, -0.1) is 0 Å². The number of pyridine rings is 2. The van der Waals surface area contributed by atoms with Gasteiger partial charge in [0.25, 0.3) is 5.91 Å². The van der Waals surface area contributed by atoms with Gasteiger partial charge >= 0.3 is 0 Å². The van der Waals surface area contributed by atoms with E-state index < -0.39 is 0 Å². The molecule has 4 heteroatoms. The maximum atomic E-state index is 12.9. The molecule has 0 spiro atoms. The zero-order chi connectivity index (χ0) is 16.1. The van der Waals surface area contributed by atoms with Crippen LogP contribution in [0.2, 0.25) is 0 Å². The van der Waals surface area contributed by atoms with E-state index in [0.29, 0.717) is 12.1 Å². The van der Waals surface area contributed by atoms with Crippen LogP contribution in [0.15, 0.2) is 73.3 Å². The van der Waals surface area contributed by atoms with Crippen LogP contribution in [0, 0.1) is 6.92 Å². The van der Waals surface area contributed by atoms with Gasteiger partial charge in [-0.05, 0) is 48.4 Å². The van der Waals surface area contributed by atoms with Crippen molar-refractivity contribution < 1.29 is 4.79 Å². The largest absolute Gasteiger partial charge is 0.304 e. The predicted octanol–water partition coefficient (Wildman–Crippen LogP) is 3.63. The molecule has 0 fully saturated rings. The fraction of sp³-hybridized carbons (Fsp3) is 0.105. The van der Waals surface area contributed by atoms with Gasteiger partial charge in [0.15, 0.2) is 0 Å². The van der Waals surface area contributed by atoms with Gasteiger partial charge in [0, 0.05) is 30.5 Å². The number of anilines is 1. The number of rotatable bonds is 4. The molecule has 3 aromatic rings. The average Bonchev–Trinajstić information content (AvgIpc) is 2.61. The van der Waals surface area contributed by atoms with Crippen molar-refractivity contribution >= 4 is 11.6 Å². The van der Waals surface area contributed by atoms with Crippen molar-refractivity contribution in [3.63, 3.8) is 0 Å². The Morgan fingerprint density at radius 1 is 1.00 bits per heavy atom. The van der Waals surface area contributed by atoms with Crippen LogP contribution < -0.4 is 4.90 Å². The molecule has 0 aliphatic rings. The lowest BCUT2D eigenvalue weighted by atomic mass is 10.1. The summed E-state index contributed by atoms with van der Waals surface area (Å²) >= 11 is 0. The molecule has 0 saturated heterocycles. The highest BCUT2D eigenvalue weighted by Crippen LogP contribution is 2.21. The highest BCUT2D eigenvalue weighted by molar-refractivity contribution is 6.05. The first kappa shape index (κ1) is 14.9. The van der Waals surface area contributed by atoms with Crippen LogP contribution in [0.3, 0.4) is 0 Å². The maximum Gasteiger partial charge on any atom is 0.260 e. The molecule has 3 rings (SSSR count). The third-order valence-electron chi connectivity index (χ3n) is 3.53. The zero-order valence-corrected chi connectivity index (χ0v) is 12.9. The van der Waals surface area contributed by atoms with Crippen molar-refractivity contribution in [2.75, 3.05) is 4.90 Å². The molecule has 114 valence electrons. The number of amides is 1. The van der Waals surface area contributed by atoms with E-state index in [0.717, 1.165) is 16.8 Å². The topological polar surface area (TPSA) is 46.1 Å². The number of aromatic nitrogens is 2. The Kier molecular flexibility index (Phi) is 4.43. The van der Waals surface area contributed by atoms with E-state index in [1.165, 1.54) is 0 Å². The van der Waals surface area contributed by atoms with Gasteiger partial charge in [-0.3, -0.25) is 14.8 Å². The summed E-state index contributed by atoms with van der Waals surface area (Å²) < 4.78 is 0. The quantitative estimate of drug-likeness (QED) is 0.739. The zero-order valence-electron chi connectivity index (χ0n) is 12.9. The highest BCUT2D eigenvalue weighted by atomic mass is 16.2. The smallest absolute Gasteiger partial charge is 0.260 e. The van der Waals surface area contributed by atoms with Crippen LogP contribution in [0.25, 0.3) is 0 Å². The van der Waals surface area contributed by atoms with E-state index in [1.807, 2.05) is 43.3 Å². The Balaban J connectivity index is 1.98. The molecule has 23 heavy (non-hydrogen) atoms. The van der Waals surface area contributed by atoms with Crippen molar-refractivity contribution in [3.05, 3.63) is 90.0 Å². The van der Waals surface area contributed by atoms with Crippen molar-refractivity contribution in [2.24, 2.45) is 0 Å². The van der Waals surface area contributed by atoms with Crippen molar-refractivity contribution in [2.45, 2.75) is 13.5 Å². The molecule has 0 saturated carbocycles. The molecule has 0 bridgehead atoms. The van der Waals surface area contributed by atoms with Crippen LogP contribution in [0.1, 0.15) is 21.5 Å². The van der Waals surface area contributed by atoms with Gasteiger partial charge in [0.2, 0.25) is 0 Å². The summed E-state index contributed by atoms with van der Waals surface area (Å²) in [5.41, 5.74) is 3.52. The number of benzene rings is 1. The molecule has 0 aliphatic heterocycles. The molecule has 2 heterocycles. The molecule has 0 radical (unpaired) electrons. The summed E-state index contributed by atoms with van der Waals surface area (Å²) in [6, 6.07) is 15.3. The number of carbonyl (C=O) groups is 1. The minimum Gasteiger partial charge on any atom is -0.304 e. The van der Waals surface area contributed by atoms with Crippen molar-refractivity contribution in [1.29, 1.82) is 0 Å². The molecule has 0 atom stereocenters. The van der Waals surface area contributed by atoms with Gasteiger partial charge < -0.3 is 4.90 Å². The van der Waals surface area contributed by atoms with E-state index in [9.17, 15) is 4.79 Å². The number of hydrogen-bond donors (Lipinski definition) is 0. The summed E-state index contributed by atoms with van der Waals surface area (Å²) in [7, 11) is 0. The molecule has 0 aliphatic carbocycles. The Bertz CT molecular complexity index is 788. The third kappa shape index (κ3) is 3.61. The van der Waals surface area contributed by atoms with Gasteiger partial charge in [-0.2, -0.15) is 0 Å². The van der Waals surface area contributed by atoms with Crippen molar-refractivity contribution in [3.8, 4) is 0 Å². The molecule has 1 amide bonds. The molecular formula is C19H17N3O. The number of carbonyl (C=O) groups excluding carboxylic acids is 1. The first-order chi connectivity index (χ1) is 11.2.